The van der Waals surface area contributed by atoms with Crippen LogP contribution in [0.15, 0.2) is 42.5 Å². The van der Waals surface area contributed by atoms with Gasteiger partial charge >= 0.3 is 0 Å². The van der Waals surface area contributed by atoms with Crippen LogP contribution >= 0.6 is 0 Å². The van der Waals surface area contributed by atoms with Crippen molar-refractivity contribution in [3.63, 3.8) is 0 Å². The summed E-state index contributed by atoms with van der Waals surface area (Å²) in [6.07, 6.45) is 5.12. The van der Waals surface area contributed by atoms with E-state index in [4.69, 9.17) is 9.47 Å². The summed E-state index contributed by atoms with van der Waals surface area (Å²) in [5.41, 5.74) is 2.90. The largest absolute Gasteiger partial charge is 0.493 e. The van der Waals surface area contributed by atoms with E-state index in [0.717, 1.165) is 29.7 Å². The molecule has 5 nitrogen and oxygen atoms in total. The van der Waals surface area contributed by atoms with Gasteiger partial charge in [0.1, 0.15) is 11.5 Å². The quantitative estimate of drug-likeness (QED) is 0.401. The van der Waals surface area contributed by atoms with Crippen molar-refractivity contribution in [2.24, 2.45) is 0 Å². The summed E-state index contributed by atoms with van der Waals surface area (Å²) in [6.45, 7) is 7.33. The van der Waals surface area contributed by atoms with Crippen molar-refractivity contribution in [3.05, 3.63) is 64.7 Å². The number of ketones is 1. The van der Waals surface area contributed by atoms with Crippen molar-refractivity contribution >= 4 is 17.8 Å². The Balaban J connectivity index is 2.23. The Hall–Kier alpha value is -3.08. The van der Waals surface area contributed by atoms with E-state index in [2.05, 4.69) is 6.92 Å². The van der Waals surface area contributed by atoms with Crippen molar-refractivity contribution in [2.45, 2.75) is 33.6 Å². The van der Waals surface area contributed by atoms with Crippen LogP contribution in [0.4, 0.5) is 0 Å². The third-order valence-electron chi connectivity index (χ3n) is 4.47. The van der Waals surface area contributed by atoms with Crippen LogP contribution < -0.4 is 9.47 Å². The number of hydrogen-bond acceptors (Lipinski definition) is 4. The summed E-state index contributed by atoms with van der Waals surface area (Å²) < 4.78 is 11.7. The highest BCUT2D eigenvalue weighted by Gasteiger charge is 2.11. The molecule has 160 valence electrons. The normalized spacial score (nSPS) is 10.8. The molecular formula is C25H31NO4. The molecule has 0 aromatic heterocycles. The molecule has 1 amide bonds. The number of nitrogens with zero attached hydrogens (tertiary/aromatic N) is 1. The maximum absolute atomic E-state index is 12.6. The van der Waals surface area contributed by atoms with Crippen molar-refractivity contribution < 1.29 is 19.1 Å². The zero-order valence-electron chi connectivity index (χ0n) is 18.5. The Morgan fingerprint density at radius 2 is 1.47 bits per heavy atom. The van der Waals surface area contributed by atoms with Crippen LogP contribution in [0.3, 0.4) is 0 Å². The van der Waals surface area contributed by atoms with Crippen LogP contribution in [-0.4, -0.2) is 43.9 Å². The number of allylic oxidation sites excluding steroid dienone is 1. The van der Waals surface area contributed by atoms with Gasteiger partial charge in [-0.25, -0.2) is 0 Å². The van der Waals surface area contributed by atoms with E-state index in [0.29, 0.717) is 30.1 Å². The van der Waals surface area contributed by atoms with Gasteiger partial charge in [-0.3, -0.25) is 9.59 Å². The lowest BCUT2D eigenvalue weighted by Crippen LogP contribution is -2.21. The monoisotopic (exact) mass is 409 g/mol. The van der Waals surface area contributed by atoms with Gasteiger partial charge in [-0.15, -0.1) is 0 Å². The van der Waals surface area contributed by atoms with Gasteiger partial charge in [0, 0.05) is 36.9 Å². The van der Waals surface area contributed by atoms with Gasteiger partial charge in [0.25, 0.3) is 5.91 Å². The van der Waals surface area contributed by atoms with Crippen LogP contribution in [0.5, 0.6) is 11.5 Å². The third kappa shape index (κ3) is 6.21. The average Bonchev–Trinajstić information content (AvgIpc) is 2.75. The van der Waals surface area contributed by atoms with Crippen LogP contribution in [0.25, 0.3) is 6.08 Å². The zero-order chi connectivity index (χ0) is 22.1. The first-order chi connectivity index (χ1) is 14.4. The molecule has 0 saturated heterocycles. The predicted molar refractivity (Wildman–Crippen MR) is 121 cm³/mol. The lowest BCUT2D eigenvalue weighted by atomic mass is 10.0. The molecule has 0 aliphatic heterocycles. The van der Waals surface area contributed by atoms with Gasteiger partial charge in [-0.05, 0) is 55.7 Å². The van der Waals surface area contributed by atoms with E-state index < -0.39 is 0 Å². The van der Waals surface area contributed by atoms with Crippen molar-refractivity contribution in [3.8, 4) is 11.5 Å². The minimum absolute atomic E-state index is 0.0943. The van der Waals surface area contributed by atoms with Gasteiger partial charge < -0.3 is 14.4 Å². The molecule has 2 aromatic rings. The molecule has 0 aliphatic rings. The number of aryl methyl sites for hydroxylation is 1. The molecule has 0 bridgehead atoms. The number of ether oxygens (including phenoxy) is 2. The molecule has 0 aliphatic carbocycles. The van der Waals surface area contributed by atoms with E-state index in [1.54, 1.807) is 44.4 Å². The van der Waals surface area contributed by atoms with Crippen molar-refractivity contribution in [1.29, 1.82) is 0 Å². The molecule has 0 spiro atoms. The summed E-state index contributed by atoms with van der Waals surface area (Å²) >= 11 is 0. The molecule has 0 atom stereocenters. The molecule has 0 unspecified atom stereocenters. The molecule has 0 N–H and O–H groups in total. The number of carbonyl (C=O) groups is 2. The van der Waals surface area contributed by atoms with Gasteiger partial charge in [0.05, 0.1) is 13.2 Å². The second-order valence-electron chi connectivity index (χ2n) is 7.33. The molecule has 0 fully saturated rings. The fourth-order valence-electron chi connectivity index (χ4n) is 2.82. The minimum Gasteiger partial charge on any atom is -0.493 e. The number of carbonyl (C=O) groups excluding carboxylic acids is 2. The summed E-state index contributed by atoms with van der Waals surface area (Å²) in [5.74, 6) is 1.27. The number of rotatable bonds is 10. The summed E-state index contributed by atoms with van der Waals surface area (Å²) in [6, 6.07) is 10.5. The maximum Gasteiger partial charge on any atom is 0.253 e. The maximum atomic E-state index is 12.6. The first-order valence-corrected chi connectivity index (χ1v) is 10.3. The Labute approximate surface area is 179 Å². The van der Waals surface area contributed by atoms with E-state index in [-0.39, 0.29) is 11.7 Å². The fraction of sp³-hybridized carbons (Fsp3) is 0.360. The summed E-state index contributed by atoms with van der Waals surface area (Å²) in [5, 5.41) is 0. The van der Waals surface area contributed by atoms with Crippen LogP contribution in [0.2, 0.25) is 0 Å². The standard InChI is InChI=1S/C25H31NO4/c1-6-14-29-23-17-24(30-15-7-2)21(16-18(23)3)12-13-22(27)19-8-10-20(11-9-19)25(28)26(4)5/h8-13,16-17H,6-7,14-15H2,1-5H3/b13-12+. The highest BCUT2D eigenvalue weighted by Crippen LogP contribution is 2.30. The Morgan fingerprint density at radius 3 is 2.03 bits per heavy atom. The lowest BCUT2D eigenvalue weighted by Gasteiger charge is -2.14. The first-order valence-electron chi connectivity index (χ1n) is 10.3. The smallest absolute Gasteiger partial charge is 0.253 e. The number of benzene rings is 2. The summed E-state index contributed by atoms with van der Waals surface area (Å²) in [7, 11) is 3.39. The fourth-order valence-corrected chi connectivity index (χ4v) is 2.82. The van der Waals surface area contributed by atoms with E-state index in [9.17, 15) is 9.59 Å². The van der Waals surface area contributed by atoms with Gasteiger partial charge in [0.2, 0.25) is 0 Å². The Kier molecular flexibility index (Phi) is 8.66. The van der Waals surface area contributed by atoms with E-state index >= 15 is 0 Å². The Morgan fingerprint density at radius 1 is 0.900 bits per heavy atom. The molecule has 0 heterocycles. The molecule has 30 heavy (non-hydrogen) atoms. The number of amides is 1. The molecule has 2 rings (SSSR count). The Bertz CT molecular complexity index is 898. The van der Waals surface area contributed by atoms with Gasteiger partial charge in [-0.1, -0.05) is 26.0 Å². The average molecular weight is 410 g/mol. The highest BCUT2D eigenvalue weighted by molar-refractivity contribution is 6.07. The van der Waals surface area contributed by atoms with Gasteiger partial charge in [-0.2, -0.15) is 0 Å². The topological polar surface area (TPSA) is 55.8 Å². The third-order valence-corrected chi connectivity index (χ3v) is 4.47. The zero-order valence-corrected chi connectivity index (χ0v) is 18.5. The predicted octanol–water partition coefficient (Wildman–Crippen LogP) is 5.17. The molecular weight excluding hydrogens is 378 g/mol. The van der Waals surface area contributed by atoms with Crippen LogP contribution in [0.1, 0.15) is 58.5 Å². The number of hydrogen-bond donors (Lipinski definition) is 0. The second-order valence-corrected chi connectivity index (χ2v) is 7.33. The molecule has 0 radical (unpaired) electrons. The highest BCUT2D eigenvalue weighted by atomic mass is 16.5. The summed E-state index contributed by atoms with van der Waals surface area (Å²) in [4.78, 5) is 26.1. The van der Waals surface area contributed by atoms with E-state index in [1.807, 2.05) is 26.0 Å². The van der Waals surface area contributed by atoms with Gasteiger partial charge in [0.15, 0.2) is 5.78 Å². The van der Waals surface area contributed by atoms with Crippen LogP contribution in [0, 0.1) is 6.92 Å². The SMILES string of the molecule is CCCOc1cc(OCCC)c(/C=C/C(=O)c2ccc(C(=O)N(C)C)cc2)cc1C. The molecule has 0 saturated carbocycles. The molecule has 2 aromatic carbocycles. The van der Waals surface area contributed by atoms with E-state index in [1.165, 1.54) is 11.0 Å². The van der Waals surface area contributed by atoms with Crippen LogP contribution in [-0.2, 0) is 0 Å². The second kappa shape index (κ2) is 11.2. The first kappa shape index (κ1) is 23.2. The molecule has 5 heteroatoms. The van der Waals surface area contributed by atoms with Crippen molar-refractivity contribution in [2.75, 3.05) is 27.3 Å². The van der Waals surface area contributed by atoms with Crippen molar-refractivity contribution in [1.82, 2.24) is 4.90 Å². The lowest BCUT2D eigenvalue weighted by molar-refractivity contribution is 0.0827. The minimum atomic E-state index is -0.135.